The lowest BCUT2D eigenvalue weighted by Crippen LogP contribution is -2.25. The number of alkyl halides is 3. The Balaban J connectivity index is 1.95. The summed E-state index contributed by atoms with van der Waals surface area (Å²) in [5, 5.41) is 12.0. The normalized spacial score (nSPS) is 12.5. The largest absolute Gasteiger partial charge is 0.418 e. The predicted octanol–water partition coefficient (Wildman–Crippen LogP) is 3.95. The van der Waals surface area contributed by atoms with Gasteiger partial charge >= 0.3 is 6.18 Å². The Morgan fingerprint density at radius 3 is 2.50 bits per heavy atom. The van der Waals surface area contributed by atoms with Gasteiger partial charge in [0, 0.05) is 29.4 Å². The molecule has 5 nitrogen and oxygen atoms in total. The van der Waals surface area contributed by atoms with Crippen LogP contribution in [0.3, 0.4) is 0 Å². The van der Waals surface area contributed by atoms with Crippen molar-refractivity contribution in [2.45, 2.75) is 18.8 Å². The number of rotatable bonds is 5. The van der Waals surface area contributed by atoms with Gasteiger partial charge in [-0.25, -0.2) is 8.78 Å². The summed E-state index contributed by atoms with van der Waals surface area (Å²) in [7, 11) is 0. The summed E-state index contributed by atoms with van der Waals surface area (Å²) in [4.78, 5) is 19.9. The van der Waals surface area contributed by atoms with E-state index >= 15 is 0 Å². The average molecular weight is 423 g/mol. The second kappa shape index (κ2) is 8.54. The Morgan fingerprint density at radius 1 is 1.10 bits per heavy atom. The lowest BCUT2D eigenvalue weighted by Gasteiger charge is -2.17. The molecule has 1 aromatic carbocycles. The van der Waals surface area contributed by atoms with Gasteiger partial charge in [-0.1, -0.05) is 0 Å². The number of aromatic nitrogens is 2. The highest BCUT2D eigenvalue weighted by atomic mass is 19.4. The van der Waals surface area contributed by atoms with Crippen LogP contribution in [0, 0.1) is 11.6 Å². The van der Waals surface area contributed by atoms with Crippen molar-refractivity contribution in [2.24, 2.45) is 0 Å². The Morgan fingerprint density at radius 2 is 1.87 bits per heavy atom. The molecule has 0 aliphatic heterocycles. The molecule has 2 heterocycles. The summed E-state index contributed by atoms with van der Waals surface area (Å²) in [5.74, 6) is -2.11. The summed E-state index contributed by atoms with van der Waals surface area (Å²) in [6.07, 6.45) is -4.66. The first-order valence-corrected chi connectivity index (χ1v) is 8.53. The molecule has 0 saturated heterocycles. The Labute approximate surface area is 167 Å². The minimum atomic E-state index is -4.97. The van der Waals surface area contributed by atoms with Gasteiger partial charge in [-0.05, 0) is 42.0 Å². The van der Waals surface area contributed by atoms with Crippen LogP contribution in [0.4, 0.5) is 22.0 Å². The summed E-state index contributed by atoms with van der Waals surface area (Å²) < 4.78 is 65.8. The molecule has 1 amide bonds. The number of nitrogens with zero attached hydrogens (tertiary/aromatic N) is 2. The maximum Gasteiger partial charge on any atom is 0.418 e. The molecule has 156 valence electrons. The number of carbonyl (C=O) groups excluding carboxylic acids is 1. The highest BCUT2D eigenvalue weighted by molar-refractivity contribution is 5.95. The van der Waals surface area contributed by atoms with Crippen LogP contribution < -0.4 is 5.32 Å². The van der Waals surface area contributed by atoms with Crippen LogP contribution >= 0.6 is 0 Å². The maximum absolute atomic E-state index is 13.7. The molecular formula is C20H14F5N3O2. The van der Waals surface area contributed by atoms with Gasteiger partial charge in [0.05, 0.1) is 18.1 Å². The number of nitrogens with one attached hydrogen (secondary N) is 1. The van der Waals surface area contributed by atoms with E-state index in [1.54, 1.807) is 0 Å². The van der Waals surface area contributed by atoms with E-state index in [2.05, 4.69) is 15.3 Å². The summed E-state index contributed by atoms with van der Waals surface area (Å²) in [6.45, 7) is -0.233. The van der Waals surface area contributed by atoms with E-state index in [4.69, 9.17) is 0 Å². The quantitative estimate of drug-likeness (QED) is 0.610. The third kappa shape index (κ3) is 4.95. The van der Waals surface area contributed by atoms with E-state index in [-0.39, 0.29) is 28.9 Å². The predicted molar refractivity (Wildman–Crippen MR) is 96.0 cm³/mol. The van der Waals surface area contributed by atoms with Crippen molar-refractivity contribution >= 4 is 5.91 Å². The van der Waals surface area contributed by atoms with Crippen LogP contribution in [-0.2, 0) is 6.54 Å². The summed E-state index contributed by atoms with van der Waals surface area (Å²) in [6, 6.07) is 6.75. The fourth-order valence-electron chi connectivity index (χ4n) is 2.65. The molecule has 0 aliphatic carbocycles. The first-order valence-electron chi connectivity index (χ1n) is 8.53. The molecule has 1 unspecified atom stereocenters. The number of aliphatic hydroxyl groups is 1. The van der Waals surface area contributed by atoms with Crippen LogP contribution in [0.5, 0.6) is 0 Å². The molecule has 1 atom stereocenters. The molecule has 0 radical (unpaired) electrons. The standard InChI is InChI=1S/C20H14F5N3O2/c21-15-1-2-17(27-9-15)12-5-13(18(29)20(23,24)25)7-14(6-12)19(30)28-8-11-3-4-26-10-16(11)22/h1-7,9-10,18,29H,8H2,(H,28,30). The molecule has 3 aromatic rings. The molecule has 0 saturated carbocycles. The maximum atomic E-state index is 13.7. The number of benzene rings is 1. The van der Waals surface area contributed by atoms with Gasteiger partial charge in [0.2, 0.25) is 0 Å². The van der Waals surface area contributed by atoms with Crippen LogP contribution in [-0.4, -0.2) is 27.2 Å². The lowest BCUT2D eigenvalue weighted by molar-refractivity contribution is -0.206. The number of pyridine rings is 2. The molecular weight excluding hydrogens is 409 g/mol. The van der Waals surface area contributed by atoms with Crippen LogP contribution in [0.15, 0.2) is 55.0 Å². The fraction of sp³-hybridized carbons (Fsp3) is 0.150. The fourth-order valence-corrected chi connectivity index (χ4v) is 2.65. The highest BCUT2D eigenvalue weighted by Crippen LogP contribution is 2.34. The van der Waals surface area contributed by atoms with E-state index in [1.807, 2.05) is 0 Å². The van der Waals surface area contributed by atoms with Gasteiger partial charge in [0.15, 0.2) is 6.10 Å². The Kier molecular flexibility index (Phi) is 6.06. The molecule has 0 spiro atoms. The van der Waals surface area contributed by atoms with Gasteiger partial charge in [0.25, 0.3) is 5.91 Å². The van der Waals surface area contributed by atoms with Crippen molar-refractivity contribution in [2.75, 3.05) is 0 Å². The number of aliphatic hydroxyl groups excluding tert-OH is 1. The van der Waals surface area contributed by atoms with Gasteiger partial charge in [-0.15, -0.1) is 0 Å². The zero-order chi connectivity index (χ0) is 21.9. The zero-order valence-electron chi connectivity index (χ0n) is 15.1. The monoisotopic (exact) mass is 423 g/mol. The zero-order valence-corrected chi connectivity index (χ0v) is 15.1. The first-order chi connectivity index (χ1) is 14.1. The number of halogens is 5. The van der Waals surface area contributed by atoms with Crippen LogP contribution in [0.2, 0.25) is 0 Å². The molecule has 0 bridgehead atoms. The average Bonchev–Trinajstić information content (AvgIpc) is 2.72. The Bertz CT molecular complexity index is 1060. The molecule has 10 heteroatoms. The molecule has 0 aliphatic rings. The molecule has 3 rings (SSSR count). The minimum Gasteiger partial charge on any atom is -0.379 e. The number of hydrogen-bond donors (Lipinski definition) is 2. The van der Waals surface area contributed by atoms with Crippen molar-refractivity contribution in [1.29, 1.82) is 0 Å². The molecule has 30 heavy (non-hydrogen) atoms. The molecule has 2 aromatic heterocycles. The van der Waals surface area contributed by atoms with Crippen molar-refractivity contribution in [3.05, 3.63) is 83.3 Å². The van der Waals surface area contributed by atoms with Gasteiger partial charge in [0.1, 0.15) is 11.6 Å². The lowest BCUT2D eigenvalue weighted by atomic mass is 9.99. The van der Waals surface area contributed by atoms with Gasteiger partial charge < -0.3 is 10.4 Å². The second-order valence-corrected chi connectivity index (χ2v) is 6.30. The topological polar surface area (TPSA) is 75.1 Å². The Hall–Kier alpha value is -3.40. The van der Waals surface area contributed by atoms with Crippen LogP contribution in [0.25, 0.3) is 11.3 Å². The van der Waals surface area contributed by atoms with Crippen molar-refractivity contribution < 1.29 is 31.9 Å². The summed E-state index contributed by atoms with van der Waals surface area (Å²) in [5.41, 5.74) is -0.513. The number of hydrogen-bond acceptors (Lipinski definition) is 4. The van der Waals surface area contributed by atoms with E-state index < -0.39 is 35.4 Å². The van der Waals surface area contributed by atoms with E-state index in [9.17, 15) is 31.9 Å². The third-order valence-electron chi connectivity index (χ3n) is 4.16. The van der Waals surface area contributed by atoms with E-state index in [1.165, 1.54) is 24.4 Å². The molecule has 2 N–H and O–H groups in total. The smallest absolute Gasteiger partial charge is 0.379 e. The third-order valence-corrected chi connectivity index (χ3v) is 4.16. The minimum absolute atomic E-state index is 0.0658. The van der Waals surface area contributed by atoms with Crippen molar-refractivity contribution in [1.82, 2.24) is 15.3 Å². The van der Waals surface area contributed by atoms with Gasteiger partial charge in [-0.2, -0.15) is 13.2 Å². The number of amides is 1. The van der Waals surface area contributed by atoms with Crippen molar-refractivity contribution in [3.8, 4) is 11.3 Å². The van der Waals surface area contributed by atoms with Crippen molar-refractivity contribution in [3.63, 3.8) is 0 Å². The molecule has 0 fully saturated rings. The second-order valence-electron chi connectivity index (χ2n) is 6.30. The number of carbonyl (C=O) groups is 1. The van der Waals surface area contributed by atoms with Gasteiger partial charge in [-0.3, -0.25) is 14.8 Å². The SMILES string of the molecule is O=C(NCc1ccncc1F)c1cc(-c2ccc(F)cn2)cc(C(O)C(F)(F)F)c1. The van der Waals surface area contributed by atoms with E-state index in [0.29, 0.717) is 0 Å². The van der Waals surface area contributed by atoms with E-state index in [0.717, 1.165) is 30.6 Å². The highest BCUT2D eigenvalue weighted by Gasteiger charge is 2.39. The first kappa shape index (κ1) is 21.3. The van der Waals surface area contributed by atoms with Crippen LogP contribution in [0.1, 0.15) is 27.6 Å². The summed E-state index contributed by atoms with van der Waals surface area (Å²) >= 11 is 0.